The van der Waals surface area contributed by atoms with Gasteiger partial charge in [0.05, 0.1) is 19.3 Å². The van der Waals surface area contributed by atoms with Crippen LogP contribution in [0.4, 0.5) is 0 Å². The Hall–Kier alpha value is -1.55. The molecule has 0 amide bonds. The molecule has 17 heavy (non-hydrogen) atoms. The zero-order chi connectivity index (χ0) is 12.5. The third-order valence-corrected chi connectivity index (χ3v) is 3.16. The van der Waals surface area contributed by atoms with Gasteiger partial charge in [0.2, 0.25) is 0 Å². The van der Waals surface area contributed by atoms with Crippen LogP contribution >= 0.6 is 0 Å². The van der Waals surface area contributed by atoms with Crippen molar-refractivity contribution in [2.45, 2.75) is 24.9 Å². The summed E-state index contributed by atoms with van der Waals surface area (Å²) in [5.74, 6) is -0.272. The maximum absolute atomic E-state index is 11.8. The zero-order valence-corrected chi connectivity index (χ0v) is 9.97. The molecule has 0 saturated carbocycles. The Morgan fingerprint density at radius 2 is 2.06 bits per heavy atom. The molecule has 1 saturated heterocycles. The van der Waals surface area contributed by atoms with Crippen molar-refractivity contribution in [3.05, 3.63) is 29.8 Å². The number of carbonyl (C=O) groups is 1. The highest BCUT2D eigenvalue weighted by Gasteiger charge is 2.43. The number of aliphatic hydroxyl groups is 1. The number of methoxy groups -OCH3 is 1. The Morgan fingerprint density at radius 3 is 2.59 bits per heavy atom. The fraction of sp³-hybridized carbons (Fsp3) is 0.462. The maximum Gasteiger partial charge on any atom is 0.316 e. The van der Waals surface area contributed by atoms with Crippen molar-refractivity contribution >= 4 is 5.97 Å². The highest BCUT2D eigenvalue weighted by atomic mass is 16.5. The minimum Gasteiger partial charge on any atom is -0.497 e. The summed E-state index contributed by atoms with van der Waals surface area (Å²) < 4.78 is 10.1. The molecular formula is C13H16O4. The second-order valence-corrected chi connectivity index (χ2v) is 4.48. The Balaban J connectivity index is 2.32. The van der Waals surface area contributed by atoms with Crippen molar-refractivity contribution < 1.29 is 19.4 Å². The van der Waals surface area contributed by atoms with Gasteiger partial charge >= 0.3 is 5.97 Å². The number of hydrogen-bond donors (Lipinski definition) is 1. The molecule has 4 heteroatoms. The van der Waals surface area contributed by atoms with Gasteiger partial charge in [0.25, 0.3) is 0 Å². The summed E-state index contributed by atoms with van der Waals surface area (Å²) in [5.41, 5.74) is -0.301. The van der Waals surface area contributed by atoms with E-state index in [1.54, 1.807) is 38.3 Å². The second kappa shape index (κ2) is 4.37. The van der Waals surface area contributed by atoms with Crippen LogP contribution in [0.1, 0.15) is 24.8 Å². The minimum atomic E-state index is -1.05. The predicted octanol–water partition coefficient (Wildman–Crippen LogP) is 1.48. The molecule has 0 unspecified atom stereocenters. The predicted molar refractivity (Wildman–Crippen MR) is 61.9 cm³/mol. The van der Waals surface area contributed by atoms with Crippen molar-refractivity contribution in [2.24, 2.45) is 0 Å². The first-order valence-corrected chi connectivity index (χ1v) is 5.57. The highest BCUT2D eigenvalue weighted by molar-refractivity contribution is 5.80. The molecule has 1 aliphatic rings. The molecule has 0 bridgehead atoms. The molecule has 0 aromatic heterocycles. The van der Waals surface area contributed by atoms with Gasteiger partial charge < -0.3 is 14.6 Å². The summed E-state index contributed by atoms with van der Waals surface area (Å²) >= 11 is 0. The van der Waals surface area contributed by atoms with E-state index in [9.17, 15) is 9.90 Å². The SMILES string of the molecule is COc1ccc([C@H]2C(=O)OCC[C@@]2(C)O)cc1. The van der Waals surface area contributed by atoms with Gasteiger partial charge in [0.1, 0.15) is 11.7 Å². The first-order valence-electron chi connectivity index (χ1n) is 5.57. The molecule has 0 aliphatic carbocycles. The number of carbonyl (C=O) groups excluding carboxylic acids is 1. The standard InChI is InChI=1S/C13H16O4/c1-13(15)7-8-17-12(14)11(13)9-3-5-10(16-2)6-4-9/h3-6,11,15H,7-8H2,1-2H3/t11-,13+/m0/s1. The summed E-state index contributed by atoms with van der Waals surface area (Å²) in [4.78, 5) is 11.8. The van der Waals surface area contributed by atoms with Crippen LogP contribution in [0, 0.1) is 0 Å². The lowest BCUT2D eigenvalue weighted by atomic mass is 9.80. The van der Waals surface area contributed by atoms with Gasteiger partial charge in [-0.15, -0.1) is 0 Å². The Labute approximate surface area is 100 Å². The molecule has 1 heterocycles. The van der Waals surface area contributed by atoms with Crippen molar-refractivity contribution in [1.82, 2.24) is 0 Å². The van der Waals surface area contributed by atoms with Crippen LogP contribution in [-0.4, -0.2) is 30.4 Å². The molecule has 1 aromatic carbocycles. The van der Waals surface area contributed by atoms with Crippen LogP contribution in [0.2, 0.25) is 0 Å². The Kier molecular flexibility index (Phi) is 3.07. The molecular weight excluding hydrogens is 220 g/mol. The molecule has 1 N–H and O–H groups in total. The van der Waals surface area contributed by atoms with Crippen LogP contribution < -0.4 is 4.74 Å². The molecule has 4 nitrogen and oxygen atoms in total. The fourth-order valence-corrected chi connectivity index (χ4v) is 2.13. The Bertz CT molecular complexity index is 408. The highest BCUT2D eigenvalue weighted by Crippen LogP contribution is 2.36. The number of ether oxygens (including phenoxy) is 2. The van der Waals surface area contributed by atoms with Gasteiger partial charge in [-0.05, 0) is 24.6 Å². The molecule has 2 rings (SSSR count). The lowest BCUT2D eigenvalue weighted by Gasteiger charge is -2.35. The van der Waals surface area contributed by atoms with Crippen LogP contribution in [0.25, 0.3) is 0 Å². The third kappa shape index (κ3) is 2.26. The van der Waals surface area contributed by atoms with Crippen LogP contribution in [0.15, 0.2) is 24.3 Å². The molecule has 1 aliphatic heterocycles. The van der Waals surface area contributed by atoms with E-state index in [0.717, 1.165) is 11.3 Å². The average Bonchev–Trinajstić information content (AvgIpc) is 2.28. The summed E-state index contributed by atoms with van der Waals surface area (Å²) in [5, 5.41) is 10.3. The van der Waals surface area contributed by atoms with E-state index in [1.165, 1.54) is 0 Å². The van der Waals surface area contributed by atoms with Crippen LogP contribution in [0.5, 0.6) is 5.75 Å². The van der Waals surface area contributed by atoms with Crippen molar-refractivity contribution in [3.63, 3.8) is 0 Å². The summed E-state index contributed by atoms with van der Waals surface area (Å²) in [6.07, 6.45) is 0.454. The lowest BCUT2D eigenvalue weighted by molar-refractivity contribution is -0.162. The number of cyclic esters (lactones) is 1. The van der Waals surface area contributed by atoms with Gasteiger partial charge in [-0.25, -0.2) is 0 Å². The van der Waals surface area contributed by atoms with Gasteiger partial charge in [-0.2, -0.15) is 0 Å². The molecule has 92 valence electrons. The number of benzene rings is 1. The monoisotopic (exact) mass is 236 g/mol. The molecule has 0 spiro atoms. The average molecular weight is 236 g/mol. The van der Waals surface area contributed by atoms with Crippen LogP contribution in [-0.2, 0) is 9.53 Å². The Morgan fingerprint density at radius 1 is 1.41 bits per heavy atom. The van der Waals surface area contributed by atoms with E-state index >= 15 is 0 Å². The quantitative estimate of drug-likeness (QED) is 0.790. The van der Waals surface area contributed by atoms with Crippen LogP contribution in [0.3, 0.4) is 0 Å². The lowest BCUT2D eigenvalue weighted by Crippen LogP contribution is -2.44. The smallest absolute Gasteiger partial charge is 0.316 e. The van der Waals surface area contributed by atoms with E-state index in [1.807, 2.05) is 0 Å². The minimum absolute atomic E-state index is 0.276. The largest absolute Gasteiger partial charge is 0.497 e. The number of esters is 1. The second-order valence-electron chi connectivity index (χ2n) is 4.48. The zero-order valence-electron chi connectivity index (χ0n) is 9.97. The molecule has 1 fully saturated rings. The van der Waals surface area contributed by atoms with E-state index in [0.29, 0.717) is 6.42 Å². The van der Waals surface area contributed by atoms with E-state index in [4.69, 9.17) is 9.47 Å². The fourth-order valence-electron chi connectivity index (χ4n) is 2.13. The third-order valence-electron chi connectivity index (χ3n) is 3.16. The topological polar surface area (TPSA) is 55.8 Å². The summed E-state index contributed by atoms with van der Waals surface area (Å²) in [7, 11) is 1.58. The van der Waals surface area contributed by atoms with Gasteiger partial charge in [0, 0.05) is 6.42 Å². The molecule has 2 atom stereocenters. The van der Waals surface area contributed by atoms with Gasteiger partial charge in [-0.1, -0.05) is 12.1 Å². The number of rotatable bonds is 2. The number of hydrogen-bond acceptors (Lipinski definition) is 4. The summed E-state index contributed by atoms with van der Waals surface area (Å²) in [6.45, 7) is 1.95. The van der Waals surface area contributed by atoms with Gasteiger partial charge in [-0.3, -0.25) is 4.79 Å². The van der Waals surface area contributed by atoms with Crippen molar-refractivity contribution in [1.29, 1.82) is 0 Å². The first-order chi connectivity index (χ1) is 8.04. The molecule has 1 aromatic rings. The van der Waals surface area contributed by atoms with E-state index in [-0.39, 0.29) is 12.6 Å². The normalized spacial score (nSPS) is 28.6. The van der Waals surface area contributed by atoms with Crippen molar-refractivity contribution in [3.8, 4) is 5.75 Å². The maximum atomic E-state index is 11.8. The van der Waals surface area contributed by atoms with E-state index in [2.05, 4.69) is 0 Å². The molecule has 0 radical (unpaired) electrons. The summed E-state index contributed by atoms with van der Waals surface area (Å²) in [6, 6.07) is 7.11. The first kappa shape index (κ1) is 11.9. The van der Waals surface area contributed by atoms with Gasteiger partial charge in [0.15, 0.2) is 0 Å². The van der Waals surface area contributed by atoms with Crippen molar-refractivity contribution in [2.75, 3.05) is 13.7 Å². The van der Waals surface area contributed by atoms with E-state index < -0.39 is 11.5 Å².